The first-order chi connectivity index (χ1) is 9.81. The second-order valence-corrected chi connectivity index (χ2v) is 6.96. The van der Waals surface area contributed by atoms with Gasteiger partial charge in [-0.25, -0.2) is 4.39 Å². The van der Waals surface area contributed by atoms with Crippen LogP contribution in [0.5, 0.6) is 0 Å². The first-order valence-electron chi connectivity index (χ1n) is 6.90. The van der Waals surface area contributed by atoms with Crippen LogP contribution >= 0.6 is 22.6 Å². The minimum absolute atomic E-state index is 0.116. The molecular formula is C14H18FIN2O3. The Morgan fingerprint density at radius 3 is 2.71 bits per heavy atom. The van der Waals surface area contributed by atoms with Crippen molar-refractivity contribution in [1.29, 1.82) is 0 Å². The third-order valence-electron chi connectivity index (χ3n) is 4.05. The largest absolute Gasteiger partial charge is 0.388 e. The molecule has 0 amide bonds. The van der Waals surface area contributed by atoms with Crippen molar-refractivity contribution in [2.24, 2.45) is 5.92 Å². The zero-order valence-electron chi connectivity index (χ0n) is 11.7. The molecular weight excluding hydrogens is 390 g/mol. The molecule has 1 fully saturated rings. The molecule has 1 aliphatic rings. The summed E-state index contributed by atoms with van der Waals surface area (Å²) in [4.78, 5) is 10.5. The number of aliphatic hydroxyl groups is 1. The van der Waals surface area contributed by atoms with Gasteiger partial charge in [0, 0.05) is 18.7 Å². The van der Waals surface area contributed by atoms with Gasteiger partial charge >= 0.3 is 0 Å². The van der Waals surface area contributed by atoms with Crippen LogP contribution in [0.1, 0.15) is 32.6 Å². The minimum atomic E-state index is -0.875. The summed E-state index contributed by atoms with van der Waals surface area (Å²) in [6, 6.07) is 2.32. The Morgan fingerprint density at radius 1 is 1.52 bits per heavy atom. The number of rotatable bonds is 4. The SMILES string of the molecule is CC1CCC(O)(CNc2cc(F)c(I)cc2[N+](=O)[O-])CC1. The van der Waals surface area contributed by atoms with E-state index >= 15 is 0 Å². The molecule has 7 heteroatoms. The van der Waals surface area contributed by atoms with E-state index in [0.29, 0.717) is 18.8 Å². The van der Waals surface area contributed by atoms with Crippen LogP contribution in [0.25, 0.3) is 0 Å². The molecule has 116 valence electrons. The Morgan fingerprint density at radius 2 is 2.14 bits per heavy atom. The van der Waals surface area contributed by atoms with Crippen molar-refractivity contribution in [3.8, 4) is 0 Å². The van der Waals surface area contributed by atoms with Gasteiger partial charge in [-0.2, -0.15) is 0 Å². The maximum absolute atomic E-state index is 13.6. The highest BCUT2D eigenvalue weighted by Gasteiger charge is 2.32. The number of hydrogen-bond acceptors (Lipinski definition) is 4. The second-order valence-electron chi connectivity index (χ2n) is 5.80. The molecule has 1 aromatic rings. The Kier molecular flexibility index (Phi) is 5.03. The number of nitrogens with zero attached hydrogens (tertiary/aromatic N) is 1. The van der Waals surface area contributed by atoms with Gasteiger partial charge in [0.25, 0.3) is 5.69 Å². The molecule has 0 atom stereocenters. The van der Waals surface area contributed by atoms with E-state index in [0.717, 1.165) is 18.9 Å². The number of hydrogen-bond donors (Lipinski definition) is 2. The Labute approximate surface area is 136 Å². The van der Waals surface area contributed by atoms with Crippen molar-refractivity contribution in [1.82, 2.24) is 0 Å². The van der Waals surface area contributed by atoms with Crippen LogP contribution in [0.2, 0.25) is 0 Å². The van der Waals surface area contributed by atoms with Gasteiger partial charge in [0.15, 0.2) is 0 Å². The summed E-state index contributed by atoms with van der Waals surface area (Å²) in [7, 11) is 0. The fourth-order valence-corrected chi connectivity index (χ4v) is 3.02. The Bertz CT molecular complexity index is 545. The molecule has 0 aromatic heterocycles. The van der Waals surface area contributed by atoms with Crippen molar-refractivity contribution in [2.45, 2.75) is 38.2 Å². The number of halogens is 2. The molecule has 1 saturated carbocycles. The monoisotopic (exact) mass is 408 g/mol. The molecule has 0 radical (unpaired) electrons. The van der Waals surface area contributed by atoms with Crippen molar-refractivity contribution in [2.75, 3.05) is 11.9 Å². The quantitative estimate of drug-likeness (QED) is 0.453. The fraction of sp³-hybridized carbons (Fsp3) is 0.571. The second kappa shape index (κ2) is 6.43. The van der Waals surface area contributed by atoms with E-state index < -0.39 is 16.3 Å². The molecule has 0 unspecified atom stereocenters. The summed E-state index contributed by atoms with van der Waals surface area (Å²) in [5.74, 6) is 0.0864. The highest BCUT2D eigenvalue weighted by atomic mass is 127. The van der Waals surface area contributed by atoms with Gasteiger partial charge in [0.2, 0.25) is 0 Å². The molecule has 0 bridgehead atoms. The summed E-state index contributed by atoms with van der Waals surface area (Å²) in [6.45, 7) is 2.34. The average Bonchev–Trinajstić information content (AvgIpc) is 2.43. The lowest BCUT2D eigenvalue weighted by Crippen LogP contribution is -2.40. The number of nitro benzene ring substituents is 1. The topological polar surface area (TPSA) is 75.4 Å². The molecule has 0 saturated heterocycles. The first kappa shape index (κ1) is 16.4. The zero-order valence-corrected chi connectivity index (χ0v) is 13.9. The summed E-state index contributed by atoms with van der Waals surface area (Å²) in [5.41, 5.74) is -0.932. The number of nitro groups is 1. The van der Waals surface area contributed by atoms with Gasteiger partial charge in [-0.05, 0) is 54.2 Å². The molecule has 2 rings (SSSR count). The predicted octanol–water partition coefficient (Wildman–Crippen LogP) is 3.69. The van der Waals surface area contributed by atoms with Gasteiger partial charge in [0.05, 0.1) is 14.1 Å². The van der Waals surface area contributed by atoms with Gasteiger partial charge in [-0.15, -0.1) is 0 Å². The summed E-state index contributed by atoms with van der Waals surface area (Å²) < 4.78 is 13.8. The molecule has 5 nitrogen and oxygen atoms in total. The molecule has 21 heavy (non-hydrogen) atoms. The van der Waals surface area contributed by atoms with Gasteiger partial charge < -0.3 is 10.4 Å². The number of anilines is 1. The van der Waals surface area contributed by atoms with Crippen LogP contribution in [-0.2, 0) is 0 Å². The lowest BCUT2D eigenvalue weighted by atomic mass is 9.79. The lowest BCUT2D eigenvalue weighted by Gasteiger charge is -2.35. The van der Waals surface area contributed by atoms with E-state index in [-0.39, 0.29) is 21.5 Å². The maximum atomic E-state index is 13.6. The van der Waals surface area contributed by atoms with E-state index in [2.05, 4.69) is 12.2 Å². The predicted molar refractivity (Wildman–Crippen MR) is 86.8 cm³/mol. The number of nitrogens with one attached hydrogen (secondary N) is 1. The van der Waals surface area contributed by atoms with Crippen LogP contribution < -0.4 is 5.32 Å². The van der Waals surface area contributed by atoms with Crippen LogP contribution in [-0.4, -0.2) is 22.2 Å². The van der Waals surface area contributed by atoms with Crippen molar-refractivity contribution < 1.29 is 14.4 Å². The van der Waals surface area contributed by atoms with Crippen LogP contribution in [0.3, 0.4) is 0 Å². The first-order valence-corrected chi connectivity index (χ1v) is 7.98. The Balaban J connectivity index is 2.12. The summed E-state index contributed by atoms with van der Waals surface area (Å²) in [5, 5.41) is 24.4. The normalized spacial score (nSPS) is 25.6. The van der Waals surface area contributed by atoms with Crippen molar-refractivity contribution in [3.63, 3.8) is 0 Å². The summed E-state index contributed by atoms with van der Waals surface area (Å²) >= 11 is 1.72. The van der Waals surface area contributed by atoms with Gasteiger partial charge in [-0.1, -0.05) is 6.92 Å². The zero-order chi connectivity index (χ0) is 15.6. The van der Waals surface area contributed by atoms with Crippen molar-refractivity contribution >= 4 is 34.0 Å². The lowest BCUT2D eigenvalue weighted by molar-refractivity contribution is -0.384. The molecule has 0 heterocycles. The number of benzene rings is 1. The summed E-state index contributed by atoms with van der Waals surface area (Å²) in [6.07, 6.45) is 3.17. The fourth-order valence-electron chi connectivity index (χ4n) is 2.56. The van der Waals surface area contributed by atoms with E-state index in [9.17, 15) is 19.6 Å². The highest BCUT2D eigenvalue weighted by molar-refractivity contribution is 14.1. The van der Waals surface area contributed by atoms with E-state index in [4.69, 9.17) is 0 Å². The average molecular weight is 408 g/mol. The third kappa shape index (κ3) is 4.03. The van der Waals surface area contributed by atoms with Crippen LogP contribution in [0, 0.1) is 25.4 Å². The standard InChI is InChI=1S/C14H18FIN2O3/c1-9-2-4-14(19,5-3-9)8-17-12-6-10(15)11(16)7-13(12)18(20)21/h6-7,9,17,19H,2-5,8H2,1H3. The molecule has 0 spiro atoms. The highest BCUT2D eigenvalue weighted by Crippen LogP contribution is 2.34. The van der Waals surface area contributed by atoms with Crippen LogP contribution in [0.15, 0.2) is 12.1 Å². The minimum Gasteiger partial charge on any atom is -0.388 e. The molecule has 1 aliphatic carbocycles. The molecule has 1 aromatic carbocycles. The Hall–Kier alpha value is -0.960. The smallest absolute Gasteiger partial charge is 0.293 e. The van der Waals surface area contributed by atoms with E-state index in [1.807, 2.05) is 0 Å². The maximum Gasteiger partial charge on any atom is 0.293 e. The van der Waals surface area contributed by atoms with E-state index in [1.165, 1.54) is 6.07 Å². The third-order valence-corrected chi connectivity index (χ3v) is 4.87. The van der Waals surface area contributed by atoms with Gasteiger partial charge in [-0.3, -0.25) is 10.1 Å². The molecule has 2 N–H and O–H groups in total. The van der Waals surface area contributed by atoms with Crippen molar-refractivity contribution in [3.05, 3.63) is 31.6 Å². The van der Waals surface area contributed by atoms with E-state index in [1.54, 1.807) is 22.6 Å². The van der Waals surface area contributed by atoms with Gasteiger partial charge in [0.1, 0.15) is 11.5 Å². The van der Waals surface area contributed by atoms with Crippen LogP contribution in [0.4, 0.5) is 15.8 Å². The molecule has 0 aliphatic heterocycles.